The molecule has 2 nitrogen and oxygen atoms in total. The fourth-order valence-electron chi connectivity index (χ4n) is 1.97. The molecular weight excluding hydrogens is 198 g/mol. The smallest absolute Gasteiger partial charge is 0.141 e. The summed E-state index contributed by atoms with van der Waals surface area (Å²) in [6.45, 7) is 6.58. The quantitative estimate of drug-likeness (QED) is 0.826. The summed E-state index contributed by atoms with van der Waals surface area (Å²) in [5.41, 5.74) is 9.15. The van der Waals surface area contributed by atoms with Crippen LogP contribution in [-0.4, -0.2) is 12.3 Å². The van der Waals surface area contributed by atoms with Gasteiger partial charge in [0.15, 0.2) is 0 Å². The molecule has 0 fully saturated rings. The Morgan fingerprint density at radius 3 is 2.31 bits per heavy atom. The molecular formula is C14H21NO. The van der Waals surface area contributed by atoms with E-state index in [0.29, 0.717) is 13.0 Å². The van der Waals surface area contributed by atoms with Crippen LogP contribution in [0.3, 0.4) is 0 Å². The van der Waals surface area contributed by atoms with Gasteiger partial charge in [0.2, 0.25) is 0 Å². The summed E-state index contributed by atoms with van der Waals surface area (Å²) in [4.78, 5) is 12.0. The van der Waals surface area contributed by atoms with Crippen molar-refractivity contribution < 1.29 is 4.79 Å². The highest BCUT2D eigenvalue weighted by molar-refractivity contribution is 5.84. The van der Waals surface area contributed by atoms with E-state index in [0.717, 1.165) is 6.42 Å². The topological polar surface area (TPSA) is 43.1 Å². The first kappa shape index (κ1) is 12.9. The number of nitrogens with two attached hydrogens (primary N) is 1. The van der Waals surface area contributed by atoms with E-state index in [1.807, 2.05) is 13.0 Å². The summed E-state index contributed by atoms with van der Waals surface area (Å²) < 4.78 is 0. The number of rotatable bonds is 5. The van der Waals surface area contributed by atoms with Crippen LogP contribution in [0.25, 0.3) is 0 Å². The Kier molecular flexibility index (Phi) is 4.69. The van der Waals surface area contributed by atoms with Crippen LogP contribution in [0.5, 0.6) is 0 Å². The van der Waals surface area contributed by atoms with Gasteiger partial charge in [-0.1, -0.05) is 25.1 Å². The Morgan fingerprint density at radius 1 is 1.31 bits per heavy atom. The summed E-state index contributed by atoms with van der Waals surface area (Å²) in [5, 5.41) is 0. The first-order chi connectivity index (χ1) is 7.60. The fraction of sp³-hybridized carbons (Fsp3) is 0.500. The van der Waals surface area contributed by atoms with Gasteiger partial charge in [-0.05, 0) is 37.0 Å². The Morgan fingerprint density at radius 2 is 1.88 bits per heavy atom. The highest BCUT2D eigenvalue weighted by Gasteiger charge is 2.16. The molecule has 2 heteroatoms. The molecule has 0 aliphatic rings. The standard InChI is InChI=1S/C14H21NO/c1-4-12(9-15)14(16)8-13-10(2)6-5-7-11(13)3/h5-7,12H,4,8-9,15H2,1-3H3. The molecule has 16 heavy (non-hydrogen) atoms. The molecule has 0 aliphatic heterocycles. The molecule has 1 unspecified atom stereocenters. The van der Waals surface area contributed by atoms with E-state index in [-0.39, 0.29) is 11.7 Å². The van der Waals surface area contributed by atoms with Gasteiger partial charge in [-0.2, -0.15) is 0 Å². The second-order valence-corrected chi connectivity index (χ2v) is 4.35. The summed E-state index contributed by atoms with van der Waals surface area (Å²) >= 11 is 0. The van der Waals surface area contributed by atoms with Crippen molar-refractivity contribution in [1.82, 2.24) is 0 Å². The van der Waals surface area contributed by atoms with Crippen LogP contribution < -0.4 is 5.73 Å². The molecule has 0 spiro atoms. The van der Waals surface area contributed by atoms with Crippen molar-refractivity contribution in [1.29, 1.82) is 0 Å². The maximum Gasteiger partial charge on any atom is 0.141 e. The lowest BCUT2D eigenvalue weighted by Crippen LogP contribution is -2.24. The average Bonchev–Trinajstić information content (AvgIpc) is 2.25. The Labute approximate surface area is 97.9 Å². The van der Waals surface area contributed by atoms with E-state index >= 15 is 0 Å². The number of hydrogen-bond donors (Lipinski definition) is 1. The number of aryl methyl sites for hydroxylation is 2. The monoisotopic (exact) mass is 219 g/mol. The van der Waals surface area contributed by atoms with Gasteiger partial charge >= 0.3 is 0 Å². The van der Waals surface area contributed by atoms with Crippen molar-refractivity contribution >= 4 is 5.78 Å². The van der Waals surface area contributed by atoms with E-state index in [4.69, 9.17) is 5.73 Å². The number of carbonyl (C=O) groups excluding carboxylic acids is 1. The lowest BCUT2D eigenvalue weighted by molar-refractivity contribution is -0.122. The van der Waals surface area contributed by atoms with E-state index in [1.54, 1.807) is 0 Å². The van der Waals surface area contributed by atoms with E-state index in [9.17, 15) is 4.79 Å². The van der Waals surface area contributed by atoms with Crippen molar-refractivity contribution in [3.8, 4) is 0 Å². The number of ketones is 1. The van der Waals surface area contributed by atoms with Crippen molar-refractivity contribution in [2.75, 3.05) is 6.54 Å². The fourth-order valence-corrected chi connectivity index (χ4v) is 1.97. The van der Waals surface area contributed by atoms with E-state index in [1.165, 1.54) is 16.7 Å². The van der Waals surface area contributed by atoms with Gasteiger partial charge in [0.25, 0.3) is 0 Å². The molecule has 0 heterocycles. The van der Waals surface area contributed by atoms with Crippen LogP contribution in [0.15, 0.2) is 18.2 Å². The van der Waals surface area contributed by atoms with Gasteiger partial charge in [0, 0.05) is 18.9 Å². The molecule has 2 N–H and O–H groups in total. The van der Waals surface area contributed by atoms with Gasteiger partial charge in [0.1, 0.15) is 5.78 Å². The van der Waals surface area contributed by atoms with Gasteiger partial charge in [-0.25, -0.2) is 0 Å². The highest BCUT2D eigenvalue weighted by Crippen LogP contribution is 2.16. The zero-order valence-corrected chi connectivity index (χ0v) is 10.4. The van der Waals surface area contributed by atoms with Gasteiger partial charge in [0.05, 0.1) is 0 Å². The first-order valence-electron chi connectivity index (χ1n) is 5.88. The largest absolute Gasteiger partial charge is 0.330 e. The molecule has 0 aromatic heterocycles. The average molecular weight is 219 g/mol. The minimum Gasteiger partial charge on any atom is -0.330 e. The lowest BCUT2D eigenvalue weighted by atomic mass is 9.91. The summed E-state index contributed by atoms with van der Waals surface area (Å²) in [6.07, 6.45) is 1.36. The number of benzene rings is 1. The molecule has 0 saturated heterocycles. The molecule has 88 valence electrons. The number of carbonyl (C=O) groups is 1. The van der Waals surface area contributed by atoms with Gasteiger partial charge in [-0.3, -0.25) is 4.79 Å². The highest BCUT2D eigenvalue weighted by atomic mass is 16.1. The predicted octanol–water partition coefficient (Wildman–Crippen LogP) is 2.40. The second-order valence-electron chi connectivity index (χ2n) is 4.35. The van der Waals surface area contributed by atoms with Crippen molar-refractivity contribution in [3.63, 3.8) is 0 Å². The Hall–Kier alpha value is -1.15. The third-order valence-corrected chi connectivity index (χ3v) is 3.23. The van der Waals surface area contributed by atoms with Crippen LogP contribution in [0.1, 0.15) is 30.0 Å². The summed E-state index contributed by atoms with van der Waals surface area (Å²) in [6, 6.07) is 6.14. The predicted molar refractivity (Wildman–Crippen MR) is 67.5 cm³/mol. The van der Waals surface area contributed by atoms with Crippen LogP contribution >= 0.6 is 0 Å². The molecule has 0 bridgehead atoms. The van der Waals surface area contributed by atoms with Crippen LogP contribution in [-0.2, 0) is 11.2 Å². The molecule has 1 aromatic rings. The van der Waals surface area contributed by atoms with Crippen LogP contribution in [0.2, 0.25) is 0 Å². The third-order valence-electron chi connectivity index (χ3n) is 3.23. The first-order valence-corrected chi connectivity index (χ1v) is 5.88. The van der Waals surface area contributed by atoms with Crippen molar-refractivity contribution in [3.05, 3.63) is 34.9 Å². The Bertz CT molecular complexity index is 347. The number of Topliss-reactive ketones (excluding diaryl/α,β-unsaturated/α-hetero) is 1. The third kappa shape index (κ3) is 2.92. The van der Waals surface area contributed by atoms with Crippen molar-refractivity contribution in [2.24, 2.45) is 11.7 Å². The molecule has 0 amide bonds. The van der Waals surface area contributed by atoms with E-state index < -0.39 is 0 Å². The van der Waals surface area contributed by atoms with E-state index in [2.05, 4.69) is 26.0 Å². The van der Waals surface area contributed by atoms with Gasteiger partial charge in [-0.15, -0.1) is 0 Å². The molecule has 1 rings (SSSR count). The second kappa shape index (κ2) is 5.80. The summed E-state index contributed by atoms with van der Waals surface area (Å²) in [7, 11) is 0. The number of hydrogen-bond acceptors (Lipinski definition) is 2. The molecule has 1 atom stereocenters. The maximum absolute atomic E-state index is 12.0. The maximum atomic E-state index is 12.0. The Balaban J connectivity index is 2.84. The minimum absolute atomic E-state index is 0.0130. The van der Waals surface area contributed by atoms with Gasteiger partial charge < -0.3 is 5.73 Å². The molecule has 0 saturated carbocycles. The molecule has 0 radical (unpaired) electrons. The zero-order chi connectivity index (χ0) is 12.1. The van der Waals surface area contributed by atoms with Crippen LogP contribution in [0, 0.1) is 19.8 Å². The normalized spacial score (nSPS) is 12.5. The van der Waals surface area contributed by atoms with Crippen molar-refractivity contribution in [2.45, 2.75) is 33.6 Å². The lowest BCUT2D eigenvalue weighted by Gasteiger charge is -2.13. The molecule has 1 aromatic carbocycles. The van der Waals surface area contributed by atoms with Crippen LogP contribution in [0.4, 0.5) is 0 Å². The zero-order valence-electron chi connectivity index (χ0n) is 10.4. The summed E-state index contributed by atoms with van der Waals surface area (Å²) in [5.74, 6) is 0.279. The molecule has 0 aliphatic carbocycles. The SMILES string of the molecule is CCC(CN)C(=O)Cc1c(C)cccc1C. The minimum atomic E-state index is 0.0130.